The summed E-state index contributed by atoms with van der Waals surface area (Å²) in [5.74, 6) is -0.512. The molecule has 0 spiro atoms. The highest BCUT2D eigenvalue weighted by atomic mass is 35.5. The van der Waals surface area contributed by atoms with E-state index in [1.807, 2.05) is 0 Å². The summed E-state index contributed by atoms with van der Waals surface area (Å²) < 4.78 is 32.6. The van der Waals surface area contributed by atoms with Gasteiger partial charge in [-0.15, -0.1) is 11.6 Å². The summed E-state index contributed by atoms with van der Waals surface area (Å²) in [6, 6.07) is 19.6. The molecule has 1 aromatic heterocycles. The molecule has 0 saturated heterocycles. The average molecular weight is 527 g/mol. The highest BCUT2D eigenvalue weighted by molar-refractivity contribution is 7.89. The maximum Gasteiger partial charge on any atom is 0.266 e. The normalized spacial score (nSPS) is 12.5. The number of carbonyl (C=O) groups excluding carboxylic acids is 1. The third-order valence-electron chi connectivity index (χ3n) is 5.48. The van der Waals surface area contributed by atoms with Crippen LogP contribution in [0.2, 0.25) is 0 Å². The quantitative estimate of drug-likeness (QED) is 0.369. The number of hydrogen-bond acceptors (Lipinski definition) is 6. The number of fused-ring (bicyclic) bond motifs is 1. The van der Waals surface area contributed by atoms with Crippen molar-refractivity contribution in [3.63, 3.8) is 0 Å². The molecule has 3 aromatic carbocycles. The number of para-hydroxylation sites is 2. The van der Waals surface area contributed by atoms with Crippen molar-refractivity contribution in [2.75, 3.05) is 26.5 Å². The number of amides is 1. The Balaban J connectivity index is 1.76. The number of hydrogen-bond donors (Lipinski definition) is 1. The Labute approximate surface area is 213 Å². The number of nitrogens with zero attached hydrogens (tertiary/aromatic N) is 3. The fourth-order valence-electron chi connectivity index (χ4n) is 3.61. The van der Waals surface area contributed by atoms with Gasteiger partial charge in [-0.05, 0) is 36.4 Å². The number of halogens is 1. The van der Waals surface area contributed by atoms with Crippen molar-refractivity contribution in [2.45, 2.75) is 10.3 Å². The van der Waals surface area contributed by atoms with E-state index in [1.165, 1.54) is 44.0 Å². The van der Waals surface area contributed by atoms with Crippen LogP contribution in [0.4, 0.5) is 5.69 Å². The number of benzene rings is 3. The van der Waals surface area contributed by atoms with Gasteiger partial charge < -0.3 is 10.1 Å². The maximum absolute atomic E-state index is 13.4. The minimum absolute atomic E-state index is 0.00103. The zero-order valence-electron chi connectivity index (χ0n) is 19.7. The number of methoxy groups -OCH3 is 1. The molecule has 0 aliphatic heterocycles. The largest absolute Gasteiger partial charge is 0.495 e. The Bertz CT molecular complexity index is 1600. The van der Waals surface area contributed by atoms with Crippen LogP contribution in [-0.2, 0) is 14.8 Å². The van der Waals surface area contributed by atoms with Gasteiger partial charge >= 0.3 is 0 Å². The molecule has 0 bridgehead atoms. The summed E-state index contributed by atoms with van der Waals surface area (Å²) in [5.41, 5.74) is 0.750. The minimum Gasteiger partial charge on any atom is -0.495 e. The Morgan fingerprint density at radius 2 is 1.72 bits per heavy atom. The van der Waals surface area contributed by atoms with E-state index >= 15 is 0 Å². The predicted octanol–water partition coefficient (Wildman–Crippen LogP) is 3.56. The standard InChI is InChI=1S/C25H23ClN4O5S/c1-29(2)36(33,34)17-13-14-20(21(15-17)35-3)28-24(31)22(26)23-27-19-12-8-7-11-18(19)25(32)30(23)16-9-5-4-6-10-16/h4-15,22H,1-3H3,(H,28,31). The molecule has 4 aromatic rings. The van der Waals surface area contributed by atoms with Crippen molar-refractivity contribution in [2.24, 2.45) is 0 Å². The van der Waals surface area contributed by atoms with Gasteiger partial charge in [0.2, 0.25) is 15.9 Å². The SMILES string of the molecule is COc1cc(S(=O)(=O)N(C)C)ccc1NC(=O)C(Cl)c1nc2ccccc2c(=O)n1-c1ccccc1. The van der Waals surface area contributed by atoms with E-state index in [0.717, 1.165) is 4.31 Å². The van der Waals surface area contributed by atoms with Gasteiger partial charge in [0, 0.05) is 20.2 Å². The number of aromatic nitrogens is 2. The molecule has 0 fully saturated rings. The fraction of sp³-hybridized carbons (Fsp3) is 0.160. The molecular weight excluding hydrogens is 504 g/mol. The highest BCUT2D eigenvalue weighted by Crippen LogP contribution is 2.31. The highest BCUT2D eigenvalue weighted by Gasteiger charge is 2.27. The van der Waals surface area contributed by atoms with Gasteiger partial charge in [0.05, 0.1) is 34.3 Å². The molecule has 0 aliphatic carbocycles. The van der Waals surface area contributed by atoms with Gasteiger partial charge in [0.25, 0.3) is 5.56 Å². The molecule has 0 saturated carbocycles. The average Bonchev–Trinajstić information content (AvgIpc) is 2.88. The summed E-state index contributed by atoms with van der Waals surface area (Å²) in [7, 11) is 0.475. The second-order valence-corrected chi connectivity index (χ2v) is 10.6. The van der Waals surface area contributed by atoms with Gasteiger partial charge in [-0.2, -0.15) is 0 Å². The van der Waals surface area contributed by atoms with Crippen LogP contribution in [0.25, 0.3) is 16.6 Å². The monoisotopic (exact) mass is 526 g/mol. The lowest BCUT2D eigenvalue weighted by Gasteiger charge is -2.18. The first-order valence-corrected chi connectivity index (χ1v) is 12.7. The van der Waals surface area contributed by atoms with Crippen LogP contribution in [0.3, 0.4) is 0 Å². The number of alkyl halides is 1. The number of rotatable bonds is 7. The smallest absolute Gasteiger partial charge is 0.266 e. The van der Waals surface area contributed by atoms with Crippen LogP contribution in [0.1, 0.15) is 11.2 Å². The zero-order chi connectivity index (χ0) is 26.0. The molecule has 11 heteroatoms. The molecule has 1 N–H and O–H groups in total. The summed E-state index contributed by atoms with van der Waals surface area (Å²) >= 11 is 6.60. The minimum atomic E-state index is -3.71. The van der Waals surface area contributed by atoms with E-state index in [-0.39, 0.29) is 27.7 Å². The third-order valence-corrected chi connectivity index (χ3v) is 7.69. The van der Waals surface area contributed by atoms with Crippen LogP contribution in [0.5, 0.6) is 5.75 Å². The molecular formula is C25H23ClN4O5S. The maximum atomic E-state index is 13.4. The Kier molecular flexibility index (Phi) is 7.11. The van der Waals surface area contributed by atoms with Crippen molar-refractivity contribution in [1.82, 2.24) is 13.9 Å². The molecule has 4 rings (SSSR count). The Morgan fingerprint density at radius 1 is 1.06 bits per heavy atom. The van der Waals surface area contributed by atoms with Crippen LogP contribution in [0, 0.1) is 0 Å². The number of nitrogens with one attached hydrogen (secondary N) is 1. The van der Waals surface area contributed by atoms with Crippen LogP contribution < -0.4 is 15.6 Å². The summed E-state index contributed by atoms with van der Waals surface area (Å²) in [4.78, 5) is 31.1. The van der Waals surface area contributed by atoms with Crippen LogP contribution in [-0.4, -0.2) is 49.4 Å². The van der Waals surface area contributed by atoms with E-state index in [1.54, 1.807) is 54.6 Å². The van der Waals surface area contributed by atoms with Crippen molar-refractivity contribution in [3.05, 3.63) is 89.0 Å². The lowest BCUT2D eigenvalue weighted by molar-refractivity contribution is -0.116. The topological polar surface area (TPSA) is 111 Å². The molecule has 1 atom stereocenters. The van der Waals surface area contributed by atoms with Crippen LogP contribution in [0.15, 0.2) is 82.5 Å². The molecule has 36 heavy (non-hydrogen) atoms. The lowest BCUT2D eigenvalue weighted by Crippen LogP contribution is -2.29. The van der Waals surface area contributed by atoms with Crippen molar-refractivity contribution >= 4 is 44.1 Å². The second-order valence-electron chi connectivity index (χ2n) is 7.96. The Hall–Kier alpha value is -3.73. The lowest BCUT2D eigenvalue weighted by atomic mass is 10.2. The van der Waals surface area contributed by atoms with Gasteiger partial charge in [0.1, 0.15) is 11.6 Å². The first-order chi connectivity index (χ1) is 17.1. The van der Waals surface area contributed by atoms with Crippen molar-refractivity contribution in [3.8, 4) is 11.4 Å². The number of carbonyl (C=O) groups is 1. The van der Waals surface area contributed by atoms with E-state index in [0.29, 0.717) is 16.6 Å². The molecule has 9 nitrogen and oxygen atoms in total. The summed E-state index contributed by atoms with van der Waals surface area (Å²) in [6.07, 6.45) is 0. The molecule has 0 aliphatic rings. The summed E-state index contributed by atoms with van der Waals surface area (Å²) in [6.45, 7) is 0. The Morgan fingerprint density at radius 3 is 2.39 bits per heavy atom. The second kappa shape index (κ2) is 10.1. The van der Waals surface area contributed by atoms with E-state index in [9.17, 15) is 18.0 Å². The van der Waals surface area contributed by atoms with Gasteiger partial charge in [-0.1, -0.05) is 30.3 Å². The number of ether oxygens (including phenoxy) is 1. The molecule has 186 valence electrons. The molecule has 1 unspecified atom stereocenters. The molecule has 1 heterocycles. The number of sulfonamides is 1. The van der Waals surface area contributed by atoms with Crippen LogP contribution >= 0.6 is 11.6 Å². The molecule has 1 amide bonds. The number of anilines is 1. The third kappa shape index (κ3) is 4.70. The molecule has 0 radical (unpaired) electrons. The first kappa shape index (κ1) is 25.4. The summed E-state index contributed by atoms with van der Waals surface area (Å²) in [5, 5.41) is 1.67. The van der Waals surface area contributed by atoms with Gasteiger partial charge in [-0.25, -0.2) is 17.7 Å². The van der Waals surface area contributed by atoms with Crippen molar-refractivity contribution < 1.29 is 17.9 Å². The van der Waals surface area contributed by atoms with Gasteiger partial charge in [-0.3, -0.25) is 14.2 Å². The fourth-order valence-corrected chi connectivity index (χ4v) is 4.72. The first-order valence-electron chi connectivity index (χ1n) is 10.8. The van der Waals surface area contributed by atoms with E-state index in [4.69, 9.17) is 16.3 Å². The predicted molar refractivity (Wildman–Crippen MR) is 138 cm³/mol. The van der Waals surface area contributed by atoms with E-state index in [2.05, 4.69) is 10.3 Å². The van der Waals surface area contributed by atoms with E-state index < -0.39 is 21.3 Å². The van der Waals surface area contributed by atoms with Crippen molar-refractivity contribution in [1.29, 1.82) is 0 Å². The van der Waals surface area contributed by atoms with Gasteiger partial charge in [0.15, 0.2) is 5.38 Å². The zero-order valence-corrected chi connectivity index (χ0v) is 21.2.